The zero-order valence-corrected chi connectivity index (χ0v) is 12.0. The van der Waals surface area contributed by atoms with Crippen molar-refractivity contribution in [1.29, 1.82) is 0 Å². The third kappa shape index (κ3) is 2.73. The van der Waals surface area contributed by atoms with E-state index < -0.39 is 0 Å². The summed E-state index contributed by atoms with van der Waals surface area (Å²) in [4.78, 5) is 14.6. The number of aryl methyl sites for hydroxylation is 1. The molecule has 4 nitrogen and oxygen atoms in total. The molecule has 1 aromatic carbocycles. The Morgan fingerprint density at radius 1 is 1.21 bits per heavy atom. The van der Waals surface area contributed by atoms with Gasteiger partial charge in [0.2, 0.25) is 0 Å². The van der Waals surface area contributed by atoms with Crippen LogP contribution in [0.5, 0.6) is 11.5 Å². The first-order valence-electron chi connectivity index (χ1n) is 6.50. The number of rotatable bonds is 4. The number of fused-ring (bicyclic) bond motifs is 1. The lowest BCUT2D eigenvalue weighted by Gasteiger charge is -2.26. The second-order valence-corrected chi connectivity index (χ2v) is 5.23. The molecule has 0 spiro atoms. The third-order valence-electron chi connectivity index (χ3n) is 3.59. The monoisotopic (exact) mass is 263 g/mol. The van der Waals surface area contributed by atoms with Gasteiger partial charge in [-0.1, -0.05) is 0 Å². The van der Waals surface area contributed by atoms with Crippen molar-refractivity contribution in [2.45, 2.75) is 12.8 Å². The molecule has 0 unspecified atom stereocenters. The second kappa shape index (κ2) is 5.61. The first-order valence-corrected chi connectivity index (χ1v) is 6.50. The number of hydrogen-bond donors (Lipinski definition) is 0. The van der Waals surface area contributed by atoms with E-state index in [0.29, 0.717) is 11.5 Å². The lowest BCUT2D eigenvalue weighted by Crippen LogP contribution is -2.31. The van der Waals surface area contributed by atoms with Gasteiger partial charge in [0.1, 0.15) is 0 Å². The maximum atomic E-state index is 12.5. The van der Waals surface area contributed by atoms with Gasteiger partial charge in [-0.25, -0.2) is 0 Å². The van der Waals surface area contributed by atoms with Crippen molar-refractivity contribution < 1.29 is 14.3 Å². The van der Waals surface area contributed by atoms with Crippen LogP contribution in [0, 0.1) is 5.92 Å². The molecule has 19 heavy (non-hydrogen) atoms. The van der Waals surface area contributed by atoms with Crippen molar-refractivity contribution in [3.05, 3.63) is 23.3 Å². The highest BCUT2D eigenvalue weighted by molar-refractivity contribution is 6.01. The Hall–Kier alpha value is -1.55. The number of methoxy groups -OCH3 is 2. The molecule has 0 saturated heterocycles. The van der Waals surface area contributed by atoms with Gasteiger partial charge in [-0.15, -0.1) is 0 Å². The van der Waals surface area contributed by atoms with E-state index in [0.717, 1.165) is 30.5 Å². The summed E-state index contributed by atoms with van der Waals surface area (Å²) in [5.41, 5.74) is 1.86. The minimum Gasteiger partial charge on any atom is -0.493 e. The van der Waals surface area contributed by atoms with Gasteiger partial charge >= 0.3 is 0 Å². The van der Waals surface area contributed by atoms with E-state index in [1.165, 1.54) is 0 Å². The van der Waals surface area contributed by atoms with Gasteiger partial charge in [-0.3, -0.25) is 4.79 Å². The molecule has 0 aliphatic heterocycles. The molecule has 0 aromatic heterocycles. The van der Waals surface area contributed by atoms with Gasteiger partial charge in [0, 0.05) is 18.0 Å². The van der Waals surface area contributed by atoms with Crippen LogP contribution < -0.4 is 9.47 Å². The van der Waals surface area contributed by atoms with E-state index in [1.807, 2.05) is 26.2 Å². The van der Waals surface area contributed by atoms with Crippen LogP contribution >= 0.6 is 0 Å². The highest BCUT2D eigenvalue weighted by Crippen LogP contribution is 2.35. The number of carbonyl (C=O) groups excluding carboxylic acids is 1. The lowest BCUT2D eigenvalue weighted by molar-refractivity contribution is 0.0877. The van der Waals surface area contributed by atoms with Crippen LogP contribution in [0.15, 0.2) is 12.1 Å². The largest absolute Gasteiger partial charge is 0.493 e. The summed E-state index contributed by atoms with van der Waals surface area (Å²) in [5, 5.41) is 0. The predicted octanol–water partition coefficient (Wildman–Crippen LogP) is 2.01. The Balaban J connectivity index is 2.35. The third-order valence-corrected chi connectivity index (χ3v) is 3.59. The summed E-state index contributed by atoms with van der Waals surface area (Å²) >= 11 is 0. The molecule has 0 radical (unpaired) electrons. The standard InChI is InChI=1S/C15H21NO3/c1-16(2)9-11-6-5-10-7-13(18-3)14(19-4)8-12(10)15(11)17/h7-8,11H,5-6,9H2,1-4H3/t11-/m1/s1. The number of hydrogen-bond acceptors (Lipinski definition) is 4. The lowest BCUT2D eigenvalue weighted by atomic mass is 9.82. The minimum absolute atomic E-state index is 0.0839. The predicted molar refractivity (Wildman–Crippen MR) is 74.2 cm³/mol. The Morgan fingerprint density at radius 2 is 1.84 bits per heavy atom. The van der Waals surface area contributed by atoms with Crippen molar-refractivity contribution in [3.8, 4) is 11.5 Å². The first kappa shape index (κ1) is 13.9. The normalized spacial score (nSPS) is 18.4. The highest BCUT2D eigenvalue weighted by atomic mass is 16.5. The quantitative estimate of drug-likeness (QED) is 0.833. The number of Topliss-reactive ketones (excluding diaryl/α,β-unsaturated/α-hetero) is 1. The fourth-order valence-corrected chi connectivity index (χ4v) is 2.65. The first-order chi connectivity index (χ1) is 9.06. The van der Waals surface area contributed by atoms with Crippen LogP contribution in [0.2, 0.25) is 0 Å². The van der Waals surface area contributed by atoms with Gasteiger partial charge in [-0.05, 0) is 44.6 Å². The van der Waals surface area contributed by atoms with Gasteiger partial charge in [0.05, 0.1) is 14.2 Å². The van der Waals surface area contributed by atoms with Crippen LogP contribution in [0.3, 0.4) is 0 Å². The van der Waals surface area contributed by atoms with Crippen molar-refractivity contribution in [1.82, 2.24) is 4.90 Å². The number of ketones is 1. The topological polar surface area (TPSA) is 38.8 Å². The van der Waals surface area contributed by atoms with Crippen molar-refractivity contribution >= 4 is 5.78 Å². The number of nitrogens with zero attached hydrogens (tertiary/aromatic N) is 1. The van der Waals surface area contributed by atoms with E-state index in [1.54, 1.807) is 14.2 Å². The van der Waals surface area contributed by atoms with Crippen LogP contribution in [-0.4, -0.2) is 45.5 Å². The number of carbonyl (C=O) groups is 1. The molecular formula is C15H21NO3. The van der Waals surface area contributed by atoms with E-state index in [9.17, 15) is 4.79 Å². The second-order valence-electron chi connectivity index (χ2n) is 5.23. The molecule has 1 atom stereocenters. The molecular weight excluding hydrogens is 242 g/mol. The summed E-state index contributed by atoms with van der Waals surface area (Å²) in [5.74, 6) is 1.62. The molecule has 0 heterocycles. The molecule has 1 aliphatic carbocycles. The minimum atomic E-state index is 0.0839. The maximum absolute atomic E-state index is 12.5. The Labute approximate surface area is 114 Å². The zero-order valence-electron chi connectivity index (χ0n) is 12.0. The van der Waals surface area contributed by atoms with Crippen molar-refractivity contribution in [3.63, 3.8) is 0 Å². The molecule has 0 saturated carbocycles. The SMILES string of the molecule is COc1cc2c(cc1OC)C(=O)[C@@H](CN(C)C)CC2. The van der Waals surface area contributed by atoms with Gasteiger partial charge in [0.15, 0.2) is 17.3 Å². The van der Waals surface area contributed by atoms with Crippen LogP contribution in [0.1, 0.15) is 22.3 Å². The van der Waals surface area contributed by atoms with Crippen LogP contribution in [0.4, 0.5) is 0 Å². The summed E-state index contributed by atoms with van der Waals surface area (Å²) in [7, 11) is 7.20. The Bertz CT molecular complexity index is 483. The summed E-state index contributed by atoms with van der Waals surface area (Å²) in [6.45, 7) is 0.798. The van der Waals surface area contributed by atoms with Crippen LogP contribution in [0.25, 0.3) is 0 Å². The molecule has 0 N–H and O–H groups in total. The van der Waals surface area contributed by atoms with Gasteiger partial charge in [-0.2, -0.15) is 0 Å². The molecule has 0 bridgehead atoms. The maximum Gasteiger partial charge on any atom is 0.167 e. The molecule has 2 rings (SSSR count). The summed E-state index contributed by atoms with van der Waals surface area (Å²) < 4.78 is 10.6. The van der Waals surface area contributed by atoms with E-state index in [4.69, 9.17) is 9.47 Å². The molecule has 0 fully saturated rings. The van der Waals surface area contributed by atoms with Gasteiger partial charge in [0.25, 0.3) is 0 Å². The van der Waals surface area contributed by atoms with E-state index >= 15 is 0 Å². The number of ether oxygens (including phenoxy) is 2. The average Bonchev–Trinajstić information content (AvgIpc) is 2.40. The summed E-state index contributed by atoms with van der Waals surface area (Å²) in [6, 6.07) is 3.75. The average molecular weight is 263 g/mol. The van der Waals surface area contributed by atoms with Crippen molar-refractivity contribution in [2.24, 2.45) is 5.92 Å². The smallest absolute Gasteiger partial charge is 0.167 e. The highest BCUT2D eigenvalue weighted by Gasteiger charge is 2.29. The molecule has 104 valence electrons. The van der Waals surface area contributed by atoms with Gasteiger partial charge < -0.3 is 14.4 Å². The van der Waals surface area contributed by atoms with Crippen LogP contribution in [-0.2, 0) is 6.42 Å². The molecule has 1 aliphatic rings. The molecule has 4 heteroatoms. The molecule has 0 amide bonds. The van der Waals surface area contributed by atoms with Crippen molar-refractivity contribution in [2.75, 3.05) is 34.9 Å². The molecule has 1 aromatic rings. The fraction of sp³-hybridized carbons (Fsp3) is 0.533. The zero-order chi connectivity index (χ0) is 14.0. The number of benzene rings is 1. The van der Waals surface area contributed by atoms with E-state index in [2.05, 4.69) is 4.90 Å². The Kier molecular flexibility index (Phi) is 4.10. The fourth-order valence-electron chi connectivity index (χ4n) is 2.65. The summed E-state index contributed by atoms with van der Waals surface area (Å²) in [6.07, 6.45) is 1.82. The Morgan fingerprint density at radius 3 is 2.42 bits per heavy atom. The van der Waals surface area contributed by atoms with E-state index in [-0.39, 0.29) is 11.7 Å².